The minimum Gasteiger partial charge on any atom is -0.480 e. The van der Waals surface area contributed by atoms with Crippen molar-refractivity contribution in [3.05, 3.63) is 14.7 Å². The van der Waals surface area contributed by atoms with Crippen LogP contribution in [-0.4, -0.2) is 36.4 Å². The molecule has 1 aromatic rings. The fourth-order valence-corrected chi connectivity index (χ4v) is 5.21. The van der Waals surface area contributed by atoms with Gasteiger partial charge >= 0.3 is 5.97 Å². The molecule has 1 atom stereocenters. The minimum atomic E-state index is -3.97. The summed E-state index contributed by atoms with van der Waals surface area (Å²) >= 11 is 12.5. The van der Waals surface area contributed by atoms with Crippen LogP contribution in [0.4, 0.5) is 0 Å². The third-order valence-electron chi connectivity index (χ3n) is 2.59. The summed E-state index contributed by atoms with van der Waals surface area (Å²) < 4.78 is 26.0. The molecule has 5 nitrogen and oxygen atoms in total. The SMILES string of the molecule is CCC(C)N(CC(=O)O)S(=O)(=O)c1cc(Cl)sc1Cl. The van der Waals surface area contributed by atoms with E-state index in [1.54, 1.807) is 13.8 Å². The van der Waals surface area contributed by atoms with E-state index >= 15 is 0 Å². The molecule has 9 heteroatoms. The normalized spacial score (nSPS) is 13.7. The first-order valence-corrected chi connectivity index (χ1v) is 8.39. The van der Waals surface area contributed by atoms with Gasteiger partial charge in [0.05, 0.1) is 4.34 Å². The fraction of sp³-hybridized carbons (Fsp3) is 0.500. The number of sulfonamides is 1. The van der Waals surface area contributed by atoms with Gasteiger partial charge in [0, 0.05) is 6.04 Å². The van der Waals surface area contributed by atoms with Crippen LogP contribution in [-0.2, 0) is 14.8 Å². The van der Waals surface area contributed by atoms with Crippen LogP contribution in [0.1, 0.15) is 20.3 Å². The zero-order valence-electron chi connectivity index (χ0n) is 10.3. The highest BCUT2D eigenvalue weighted by atomic mass is 35.5. The quantitative estimate of drug-likeness (QED) is 0.859. The summed E-state index contributed by atoms with van der Waals surface area (Å²) in [6, 6.07) is 0.789. The second kappa shape index (κ2) is 6.41. The molecule has 1 aromatic heterocycles. The molecule has 108 valence electrons. The average Bonchev–Trinajstić information content (AvgIpc) is 2.64. The summed E-state index contributed by atoms with van der Waals surface area (Å²) in [6.45, 7) is 2.81. The Morgan fingerprint density at radius 3 is 2.47 bits per heavy atom. The average molecular weight is 346 g/mol. The molecule has 0 radical (unpaired) electrons. The van der Waals surface area contributed by atoms with Crippen molar-refractivity contribution in [2.75, 3.05) is 6.54 Å². The van der Waals surface area contributed by atoms with E-state index in [4.69, 9.17) is 28.3 Å². The maximum atomic E-state index is 12.4. The van der Waals surface area contributed by atoms with Gasteiger partial charge in [-0.1, -0.05) is 30.1 Å². The number of carboxylic acid groups (broad SMARTS) is 1. The van der Waals surface area contributed by atoms with Gasteiger partial charge in [-0.05, 0) is 19.4 Å². The zero-order chi connectivity index (χ0) is 14.8. The predicted molar refractivity (Wildman–Crippen MR) is 75.6 cm³/mol. The number of hydrogen-bond donors (Lipinski definition) is 1. The van der Waals surface area contributed by atoms with E-state index in [9.17, 15) is 13.2 Å². The Bertz CT molecular complexity index is 570. The molecular weight excluding hydrogens is 333 g/mol. The van der Waals surface area contributed by atoms with Gasteiger partial charge in [-0.15, -0.1) is 11.3 Å². The molecule has 0 saturated carbocycles. The van der Waals surface area contributed by atoms with Crippen LogP contribution < -0.4 is 0 Å². The molecule has 0 aromatic carbocycles. The van der Waals surface area contributed by atoms with E-state index in [1.807, 2.05) is 0 Å². The first-order valence-electron chi connectivity index (χ1n) is 5.38. The Balaban J connectivity index is 3.27. The number of carbonyl (C=O) groups is 1. The van der Waals surface area contributed by atoms with Gasteiger partial charge in [0.2, 0.25) is 10.0 Å². The molecule has 1 rings (SSSR count). The lowest BCUT2D eigenvalue weighted by Crippen LogP contribution is -2.41. The summed E-state index contributed by atoms with van der Waals surface area (Å²) in [5, 5.41) is 8.85. The Morgan fingerprint density at radius 1 is 1.53 bits per heavy atom. The third-order valence-corrected chi connectivity index (χ3v) is 6.30. The van der Waals surface area contributed by atoms with E-state index in [1.165, 1.54) is 6.07 Å². The summed E-state index contributed by atoms with van der Waals surface area (Å²) in [5.74, 6) is -1.22. The lowest BCUT2D eigenvalue weighted by atomic mass is 10.2. The van der Waals surface area contributed by atoms with Crippen molar-refractivity contribution in [3.8, 4) is 0 Å². The molecule has 0 aliphatic rings. The predicted octanol–water partition coefficient (Wildman–Crippen LogP) is 2.93. The maximum absolute atomic E-state index is 12.4. The van der Waals surface area contributed by atoms with E-state index in [2.05, 4.69) is 0 Å². The summed E-state index contributed by atoms with van der Waals surface area (Å²) in [6.07, 6.45) is 0.488. The first kappa shape index (κ1) is 16.7. The monoisotopic (exact) mass is 345 g/mol. The smallest absolute Gasteiger partial charge is 0.318 e. The zero-order valence-corrected chi connectivity index (χ0v) is 13.4. The number of aliphatic carboxylic acids is 1. The number of thiophene rings is 1. The van der Waals surface area contributed by atoms with Crippen molar-refractivity contribution in [2.24, 2.45) is 0 Å². The molecule has 0 spiro atoms. The highest BCUT2D eigenvalue weighted by molar-refractivity contribution is 7.89. The molecule has 0 aliphatic carbocycles. The van der Waals surface area contributed by atoms with Crippen molar-refractivity contribution >= 4 is 50.5 Å². The van der Waals surface area contributed by atoms with E-state index in [0.29, 0.717) is 6.42 Å². The molecule has 0 saturated heterocycles. The molecule has 1 heterocycles. The number of nitrogens with zero attached hydrogens (tertiary/aromatic N) is 1. The van der Waals surface area contributed by atoms with Crippen molar-refractivity contribution < 1.29 is 18.3 Å². The van der Waals surface area contributed by atoms with Gasteiger partial charge in [0.25, 0.3) is 0 Å². The van der Waals surface area contributed by atoms with Gasteiger partial charge < -0.3 is 5.11 Å². The second-order valence-corrected chi connectivity index (χ2v) is 8.03. The molecular formula is C10H13Cl2NO4S2. The number of halogens is 2. The van der Waals surface area contributed by atoms with Crippen LogP contribution in [0.15, 0.2) is 11.0 Å². The van der Waals surface area contributed by atoms with E-state index in [-0.39, 0.29) is 13.6 Å². The van der Waals surface area contributed by atoms with Crippen molar-refractivity contribution in [2.45, 2.75) is 31.2 Å². The van der Waals surface area contributed by atoms with Crippen LogP contribution in [0.2, 0.25) is 8.67 Å². The van der Waals surface area contributed by atoms with Gasteiger partial charge in [0.1, 0.15) is 15.8 Å². The molecule has 0 bridgehead atoms. The number of hydrogen-bond acceptors (Lipinski definition) is 4. The molecule has 1 N–H and O–H groups in total. The molecule has 0 fully saturated rings. The first-order chi connectivity index (χ1) is 8.70. The molecule has 19 heavy (non-hydrogen) atoms. The Morgan fingerprint density at radius 2 is 2.11 bits per heavy atom. The van der Waals surface area contributed by atoms with Gasteiger partial charge in [-0.25, -0.2) is 8.42 Å². The number of carboxylic acids is 1. The third kappa shape index (κ3) is 3.82. The van der Waals surface area contributed by atoms with Crippen LogP contribution in [0.25, 0.3) is 0 Å². The molecule has 0 amide bonds. The Labute approximate surface area is 125 Å². The van der Waals surface area contributed by atoms with Gasteiger partial charge in [-0.2, -0.15) is 4.31 Å². The lowest BCUT2D eigenvalue weighted by molar-refractivity contribution is -0.137. The second-order valence-electron chi connectivity index (χ2n) is 3.89. The van der Waals surface area contributed by atoms with Crippen LogP contribution >= 0.6 is 34.5 Å². The van der Waals surface area contributed by atoms with Crippen LogP contribution in [0, 0.1) is 0 Å². The Kier molecular flexibility index (Phi) is 5.64. The van der Waals surface area contributed by atoms with Crippen LogP contribution in [0.3, 0.4) is 0 Å². The van der Waals surface area contributed by atoms with E-state index < -0.39 is 28.6 Å². The standard InChI is InChI=1S/C10H13Cl2NO4S2/c1-3-6(2)13(5-9(14)15)19(16,17)7-4-8(11)18-10(7)12/h4,6H,3,5H2,1-2H3,(H,14,15). The maximum Gasteiger partial charge on any atom is 0.318 e. The molecule has 1 unspecified atom stereocenters. The number of rotatable bonds is 6. The largest absolute Gasteiger partial charge is 0.480 e. The fourth-order valence-electron chi connectivity index (χ4n) is 1.44. The highest BCUT2D eigenvalue weighted by Gasteiger charge is 2.33. The summed E-state index contributed by atoms with van der Waals surface area (Å²) in [4.78, 5) is 10.7. The lowest BCUT2D eigenvalue weighted by Gasteiger charge is -2.25. The summed E-state index contributed by atoms with van der Waals surface area (Å²) in [5.41, 5.74) is 0. The van der Waals surface area contributed by atoms with Crippen LogP contribution in [0.5, 0.6) is 0 Å². The highest BCUT2D eigenvalue weighted by Crippen LogP contribution is 2.36. The topological polar surface area (TPSA) is 74.7 Å². The minimum absolute atomic E-state index is 0.0312. The van der Waals surface area contributed by atoms with E-state index in [0.717, 1.165) is 15.6 Å². The van der Waals surface area contributed by atoms with Crippen molar-refractivity contribution in [1.29, 1.82) is 0 Å². The van der Waals surface area contributed by atoms with Gasteiger partial charge in [0.15, 0.2) is 0 Å². The molecule has 0 aliphatic heterocycles. The van der Waals surface area contributed by atoms with Crippen molar-refractivity contribution in [3.63, 3.8) is 0 Å². The van der Waals surface area contributed by atoms with Crippen molar-refractivity contribution in [1.82, 2.24) is 4.31 Å². The Hall–Kier alpha value is -0.340. The summed E-state index contributed by atoms with van der Waals surface area (Å²) in [7, 11) is -3.97. The van der Waals surface area contributed by atoms with Gasteiger partial charge in [-0.3, -0.25) is 4.79 Å².